The van der Waals surface area contributed by atoms with E-state index in [0.717, 1.165) is 23.1 Å². The first-order chi connectivity index (χ1) is 11.1. The molecular weight excluding hydrogens is 307 g/mol. The predicted octanol–water partition coefficient (Wildman–Crippen LogP) is 1.66. The molecule has 0 saturated carbocycles. The lowest BCUT2D eigenvalue weighted by atomic mass is 10.0. The number of pyridine rings is 1. The molecule has 0 spiro atoms. The maximum atomic E-state index is 13.5. The molecule has 2 aromatic carbocycles. The van der Waals surface area contributed by atoms with Crippen LogP contribution < -0.4 is 15.7 Å². The van der Waals surface area contributed by atoms with Crippen molar-refractivity contribution in [2.24, 2.45) is 7.05 Å². The second kappa shape index (κ2) is 6.48. The van der Waals surface area contributed by atoms with Crippen LogP contribution in [0.4, 0.5) is 4.39 Å². The summed E-state index contributed by atoms with van der Waals surface area (Å²) in [7, 11) is 1.21. The molecule has 0 atom stereocenters. The third kappa shape index (κ3) is 3.11. The maximum absolute atomic E-state index is 13.5. The lowest BCUT2D eigenvalue weighted by molar-refractivity contribution is 0.629. The number of halogens is 1. The van der Waals surface area contributed by atoms with Gasteiger partial charge in [0.1, 0.15) is 15.5 Å². The first-order valence-corrected chi connectivity index (χ1v) is 9.10. The molecule has 0 aliphatic heterocycles. The Hall–Kier alpha value is -2.24. The van der Waals surface area contributed by atoms with Crippen LogP contribution >= 0.6 is 0 Å². The van der Waals surface area contributed by atoms with Crippen LogP contribution in [-0.4, -0.2) is 20.8 Å². The number of nitrogens with zero attached hydrogens (tertiary/aromatic N) is 1. The number of rotatable bonds is 4. The van der Waals surface area contributed by atoms with Gasteiger partial charge in [0.2, 0.25) is 0 Å². The van der Waals surface area contributed by atoms with Gasteiger partial charge in [0, 0.05) is 18.8 Å². The Bertz CT molecular complexity index is 921. The highest BCUT2D eigenvalue weighted by atomic mass is 28.2. The van der Waals surface area contributed by atoms with E-state index in [2.05, 4.69) is 24.0 Å². The monoisotopic (exact) mass is 326 g/mol. The number of benzene rings is 2. The van der Waals surface area contributed by atoms with Crippen LogP contribution in [0.2, 0.25) is 0 Å². The van der Waals surface area contributed by atoms with Gasteiger partial charge in [-0.25, -0.2) is 4.39 Å². The fourth-order valence-electron chi connectivity index (χ4n) is 2.79. The molecule has 1 heterocycles. The summed E-state index contributed by atoms with van der Waals surface area (Å²) in [6.07, 6.45) is 1.83. The van der Waals surface area contributed by atoms with E-state index in [1.165, 1.54) is 21.9 Å². The van der Waals surface area contributed by atoms with E-state index in [4.69, 9.17) is 0 Å². The van der Waals surface area contributed by atoms with Gasteiger partial charge < -0.3 is 9.55 Å². The summed E-state index contributed by atoms with van der Waals surface area (Å²) in [5.41, 5.74) is 1.83. The fourth-order valence-corrected chi connectivity index (χ4v) is 3.90. The predicted molar refractivity (Wildman–Crippen MR) is 96.4 cm³/mol. The molecule has 3 nitrogen and oxygen atoms in total. The van der Waals surface area contributed by atoms with Gasteiger partial charge in [0.15, 0.2) is 0 Å². The van der Waals surface area contributed by atoms with Crippen molar-refractivity contribution in [1.29, 1.82) is 0 Å². The third-order valence-corrected chi connectivity index (χ3v) is 5.56. The molecule has 3 rings (SSSR count). The smallest absolute Gasteiger partial charge is 0.258 e. The molecule has 0 aliphatic rings. The molecular formula is C18H19FN2OSi. The zero-order chi connectivity index (χ0) is 16.4. The highest BCUT2D eigenvalue weighted by molar-refractivity contribution is 6.51. The summed E-state index contributed by atoms with van der Waals surface area (Å²) in [5, 5.41) is 2.52. The van der Waals surface area contributed by atoms with Crippen LogP contribution in [0.5, 0.6) is 0 Å². The van der Waals surface area contributed by atoms with Crippen LogP contribution in [0.1, 0.15) is 6.92 Å². The van der Waals surface area contributed by atoms with Crippen molar-refractivity contribution in [2.45, 2.75) is 6.92 Å². The number of fused-ring (bicyclic) bond motifs is 1. The van der Waals surface area contributed by atoms with E-state index in [0.29, 0.717) is 5.39 Å². The lowest BCUT2D eigenvalue weighted by Crippen LogP contribution is -2.30. The van der Waals surface area contributed by atoms with Crippen LogP contribution in [0, 0.1) is 5.82 Å². The molecule has 0 bridgehead atoms. The number of aromatic nitrogens is 1. The summed E-state index contributed by atoms with van der Waals surface area (Å²) in [5.74, 6) is -0.389. The van der Waals surface area contributed by atoms with E-state index in [9.17, 15) is 9.18 Å². The van der Waals surface area contributed by atoms with Crippen molar-refractivity contribution in [3.8, 4) is 11.1 Å². The Kier molecular flexibility index (Phi) is 4.41. The maximum Gasteiger partial charge on any atom is 0.258 e. The van der Waals surface area contributed by atoms with Gasteiger partial charge in [-0.2, -0.15) is 0 Å². The quantitative estimate of drug-likeness (QED) is 0.740. The van der Waals surface area contributed by atoms with Gasteiger partial charge in [-0.15, -0.1) is 0 Å². The molecule has 1 aromatic heterocycles. The van der Waals surface area contributed by atoms with Crippen molar-refractivity contribution in [2.75, 3.05) is 6.54 Å². The molecule has 1 N–H and O–H groups in total. The van der Waals surface area contributed by atoms with Crippen LogP contribution in [-0.2, 0) is 7.05 Å². The third-order valence-electron chi connectivity index (χ3n) is 3.96. The highest BCUT2D eigenvalue weighted by Crippen LogP contribution is 2.26. The van der Waals surface area contributed by atoms with E-state index in [1.54, 1.807) is 13.1 Å². The Labute approximate surface area is 136 Å². The molecule has 0 amide bonds. The zero-order valence-electron chi connectivity index (χ0n) is 13.3. The molecule has 0 radical (unpaired) electrons. The first-order valence-electron chi connectivity index (χ1n) is 7.69. The molecule has 118 valence electrons. The van der Waals surface area contributed by atoms with Crippen molar-refractivity contribution in [1.82, 2.24) is 9.55 Å². The Morgan fingerprint density at radius 3 is 2.78 bits per heavy atom. The summed E-state index contributed by atoms with van der Waals surface area (Å²) in [4.78, 5) is 15.7. The summed E-state index contributed by atoms with van der Waals surface area (Å²) < 4.78 is 15.1. The highest BCUT2D eigenvalue weighted by Gasteiger charge is 2.10. The van der Waals surface area contributed by atoms with Crippen LogP contribution in [0.25, 0.3) is 21.9 Å². The van der Waals surface area contributed by atoms with E-state index < -0.39 is 9.68 Å². The normalized spacial score (nSPS) is 11.6. The molecule has 0 aliphatic carbocycles. The minimum Gasteiger partial charge on any atom is -0.339 e. The SMILES string of the molecule is CCN[SiH2]c1cccc(-c2cn(C)c(=O)c3cc(F)ccc23)c1. The van der Waals surface area contributed by atoms with Gasteiger partial charge in [0.25, 0.3) is 5.56 Å². The standard InChI is InChI=1S/C18H19FN2OSi/c1-3-20-23-14-6-4-5-12(9-14)17-11-21(2)18(22)16-10-13(19)7-8-15(16)17/h4-11,20H,3,23H2,1-2H3. The Morgan fingerprint density at radius 2 is 2.00 bits per heavy atom. The molecule has 5 heteroatoms. The number of hydrogen-bond donors (Lipinski definition) is 1. The minimum absolute atomic E-state index is 0.179. The average molecular weight is 326 g/mol. The second-order valence-electron chi connectivity index (χ2n) is 5.63. The van der Waals surface area contributed by atoms with Crippen molar-refractivity contribution < 1.29 is 4.39 Å². The van der Waals surface area contributed by atoms with Gasteiger partial charge in [-0.3, -0.25) is 4.79 Å². The summed E-state index contributed by atoms with van der Waals surface area (Å²) in [6, 6.07) is 12.8. The van der Waals surface area contributed by atoms with E-state index in [-0.39, 0.29) is 11.4 Å². The molecule has 23 heavy (non-hydrogen) atoms. The fraction of sp³-hybridized carbons (Fsp3) is 0.167. The van der Waals surface area contributed by atoms with Crippen molar-refractivity contribution in [3.63, 3.8) is 0 Å². The van der Waals surface area contributed by atoms with Crippen LogP contribution in [0.3, 0.4) is 0 Å². The Balaban J connectivity index is 2.20. The first kappa shape index (κ1) is 15.6. The van der Waals surface area contributed by atoms with Gasteiger partial charge in [0.05, 0.1) is 5.39 Å². The van der Waals surface area contributed by atoms with Crippen LogP contribution in [0.15, 0.2) is 53.5 Å². The number of aryl methyl sites for hydroxylation is 1. The van der Waals surface area contributed by atoms with Gasteiger partial charge in [-0.05, 0) is 34.8 Å². The number of nitrogens with one attached hydrogen (secondary N) is 1. The second-order valence-corrected chi connectivity index (χ2v) is 7.30. The van der Waals surface area contributed by atoms with Gasteiger partial charge in [-0.1, -0.05) is 37.3 Å². The molecule has 0 fully saturated rings. The van der Waals surface area contributed by atoms with E-state index in [1.807, 2.05) is 18.3 Å². The summed E-state index contributed by atoms with van der Waals surface area (Å²) >= 11 is 0. The zero-order valence-corrected chi connectivity index (χ0v) is 14.7. The molecule has 0 saturated heterocycles. The topological polar surface area (TPSA) is 34.0 Å². The number of hydrogen-bond acceptors (Lipinski definition) is 2. The van der Waals surface area contributed by atoms with Crippen molar-refractivity contribution >= 4 is 25.6 Å². The largest absolute Gasteiger partial charge is 0.339 e. The molecule has 3 aromatic rings. The summed E-state index contributed by atoms with van der Waals surface area (Å²) in [6.45, 7) is 3.07. The average Bonchev–Trinajstić information content (AvgIpc) is 2.56. The molecule has 0 unspecified atom stereocenters. The minimum atomic E-state index is -0.492. The van der Waals surface area contributed by atoms with Gasteiger partial charge >= 0.3 is 0 Å². The Morgan fingerprint density at radius 1 is 1.17 bits per heavy atom. The lowest BCUT2D eigenvalue weighted by Gasteiger charge is -2.11. The van der Waals surface area contributed by atoms with E-state index >= 15 is 0 Å². The van der Waals surface area contributed by atoms with Crippen molar-refractivity contribution in [3.05, 3.63) is 64.8 Å².